The molecule has 0 saturated carbocycles. The number of aliphatic hydroxyl groups excluding tert-OH is 1. The molecule has 0 aliphatic heterocycles. The molecule has 2 heteroatoms. The number of aliphatic hydroxyl groups is 1. The van der Waals surface area contributed by atoms with Crippen molar-refractivity contribution >= 4 is 11.6 Å². The average molecular weight is 150 g/mol. The highest BCUT2D eigenvalue weighted by Gasteiger charge is 1.97. The quantitative estimate of drug-likeness (QED) is 0.596. The van der Waals surface area contributed by atoms with Crippen LogP contribution in [0.4, 0.5) is 0 Å². The highest BCUT2D eigenvalue weighted by Crippen LogP contribution is 2.12. The standard InChI is InChI=1S/C7H14ClO/c1-2-3-4-5-6-7(8)9/h9H,2-6H2,1H3. The van der Waals surface area contributed by atoms with E-state index in [1.807, 2.05) is 0 Å². The number of halogens is 1. The van der Waals surface area contributed by atoms with Crippen LogP contribution in [0, 0.1) is 5.56 Å². The maximum Gasteiger partial charge on any atom is 0.181 e. The Kier molecular flexibility index (Phi) is 6.55. The average Bonchev–Trinajstić information content (AvgIpc) is 1.80. The van der Waals surface area contributed by atoms with Gasteiger partial charge in [0.15, 0.2) is 5.56 Å². The molecular weight excluding hydrogens is 136 g/mol. The van der Waals surface area contributed by atoms with Crippen molar-refractivity contribution in [2.24, 2.45) is 0 Å². The van der Waals surface area contributed by atoms with Crippen LogP contribution in [0.2, 0.25) is 0 Å². The molecular formula is C7H14ClO. The van der Waals surface area contributed by atoms with Gasteiger partial charge in [0, 0.05) is 0 Å². The second-order valence-corrected chi connectivity index (χ2v) is 2.62. The molecule has 0 heterocycles. The Morgan fingerprint density at radius 1 is 1.33 bits per heavy atom. The summed E-state index contributed by atoms with van der Waals surface area (Å²) in [4.78, 5) is 0. The van der Waals surface area contributed by atoms with Gasteiger partial charge < -0.3 is 5.11 Å². The lowest BCUT2D eigenvalue weighted by molar-refractivity contribution is 0.339. The molecule has 0 aliphatic carbocycles. The molecule has 0 atom stereocenters. The third-order valence-corrected chi connectivity index (χ3v) is 1.43. The Hall–Kier alpha value is 0.250. The van der Waals surface area contributed by atoms with Crippen LogP contribution in [0.5, 0.6) is 0 Å². The second kappa shape index (κ2) is 6.37. The maximum atomic E-state index is 8.53. The first-order valence-electron chi connectivity index (χ1n) is 3.47. The minimum Gasteiger partial charge on any atom is -0.371 e. The molecule has 0 amide bonds. The van der Waals surface area contributed by atoms with Crippen molar-refractivity contribution in [2.75, 3.05) is 0 Å². The molecule has 0 spiro atoms. The minimum absolute atomic E-state index is 0.0473. The van der Waals surface area contributed by atoms with Gasteiger partial charge in [-0.25, -0.2) is 0 Å². The first-order valence-corrected chi connectivity index (χ1v) is 3.85. The molecule has 0 aromatic carbocycles. The third-order valence-electron chi connectivity index (χ3n) is 1.24. The molecule has 0 bridgehead atoms. The van der Waals surface area contributed by atoms with Crippen LogP contribution in [0.3, 0.4) is 0 Å². The molecule has 1 N–H and O–H groups in total. The fourth-order valence-electron chi connectivity index (χ4n) is 0.698. The molecule has 55 valence electrons. The number of hydrogen-bond acceptors (Lipinski definition) is 1. The smallest absolute Gasteiger partial charge is 0.181 e. The Bertz CT molecular complexity index is 54.9. The van der Waals surface area contributed by atoms with Gasteiger partial charge in [-0.05, 0) is 12.8 Å². The monoisotopic (exact) mass is 149 g/mol. The van der Waals surface area contributed by atoms with Crippen molar-refractivity contribution in [3.8, 4) is 0 Å². The molecule has 9 heavy (non-hydrogen) atoms. The number of rotatable bonds is 5. The summed E-state index contributed by atoms with van der Waals surface area (Å²) in [5.74, 6) is 0. The van der Waals surface area contributed by atoms with Crippen LogP contribution in [0.1, 0.15) is 39.0 Å². The summed E-state index contributed by atoms with van der Waals surface area (Å²) in [6, 6.07) is 0. The molecule has 0 fully saturated rings. The van der Waals surface area contributed by atoms with E-state index in [1.54, 1.807) is 0 Å². The summed E-state index contributed by atoms with van der Waals surface area (Å²) in [5.41, 5.74) is 0.0473. The lowest BCUT2D eigenvalue weighted by atomic mass is 10.2. The normalized spacial score (nSPS) is 10.7. The van der Waals surface area contributed by atoms with Crippen molar-refractivity contribution in [3.63, 3.8) is 0 Å². The van der Waals surface area contributed by atoms with E-state index in [4.69, 9.17) is 16.7 Å². The largest absolute Gasteiger partial charge is 0.371 e. The number of hydrogen-bond donors (Lipinski definition) is 1. The van der Waals surface area contributed by atoms with Crippen molar-refractivity contribution in [2.45, 2.75) is 39.0 Å². The van der Waals surface area contributed by atoms with Gasteiger partial charge in [0.2, 0.25) is 0 Å². The highest BCUT2D eigenvalue weighted by molar-refractivity contribution is 6.25. The summed E-state index contributed by atoms with van der Waals surface area (Å²) < 4.78 is 0. The van der Waals surface area contributed by atoms with Crippen LogP contribution in [0.25, 0.3) is 0 Å². The van der Waals surface area contributed by atoms with E-state index in [-0.39, 0.29) is 5.56 Å². The van der Waals surface area contributed by atoms with Gasteiger partial charge in [-0.15, -0.1) is 0 Å². The molecule has 0 aliphatic rings. The van der Waals surface area contributed by atoms with Crippen molar-refractivity contribution < 1.29 is 5.11 Å². The molecule has 0 aromatic rings. The van der Waals surface area contributed by atoms with Crippen molar-refractivity contribution in [3.05, 3.63) is 5.56 Å². The molecule has 0 aromatic heterocycles. The van der Waals surface area contributed by atoms with Crippen LogP contribution in [-0.4, -0.2) is 5.11 Å². The van der Waals surface area contributed by atoms with E-state index in [0.717, 1.165) is 6.42 Å². The van der Waals surface area contributed by atoms with Gasteiger partial charge in [0.05, 0.1) is 0 Å². The first kappa shape index (κ1) is 9.25. The lowest BCUT2D eigenvalue weighted by Crippen LogP contribution is -1.84. The van der Waals surface area contributed by atoms with E-state index in [9.17, 15) is 0 Å². The summed E-state index contributed by atoms with van der Waals surface area (Å²) in [6.45, 7) is 2.16. The Morgan fingerprint density at radius 2 is 2.00 bits per heavy atom. The van der Waals surface area contributed by atoms with Crippen molar-refractivity contribution in [1.82, 2.24) is 0 Å². The Labute approximate surface area is 62.0 Å². The molecule has 0 rings (SSSR count). The zero-order valence-corrected chi connectivity index (χ0v) is 6.62. The lowest BCUT2D eigenvalue weighted by Gasteiger charge is -1.98. The molecule has 1 radical (unpaired) electrons. The van der Waals surface area contributed by atoms with E-state index in [1.165, 1.54) is 19.3 Å². The van der Waals surface area contributed by atoms with Gasteiger partial charge in [-0.1, -0.05) is 37.8 Å². The van der Waals surface area contributed by atoms with Crippen LogP contribution in [-0.2, 0) is 0 Å². The zero-order chi connectivity index (χ0) is 7.11. The van der Waals surface area contributed by atoms with E-state index < -0.39 is 0 Å². The Balaban J connectivity index is 2.75. The predicted molar refractivity (Wildman–Crippen MR) is 39.8 cm³/mol. The fraction of sp³-hybridized carbons (Fsp3) is 0.857. The zero-order valence-electron chi connectivity index (χ0n) is 5.86. The van der Waals surface area contributed by atoms with Gasteiger partial charge in [-0.2, -0.15) is 0 Å². The van der Waals surface area contributed by atoms with Gasteiger partial charge in [-0.3, -0.25) is 0 Å². The number of unbranched alkanes of at least 4 members (excludes halogenated alkanes) is 3. The van der Waals surface area contributed by atoms with Crippen LogP contribution < -0.4 is 0 Å². The summed E-state index contributed by atoms with van der Waals surface area (Å²) in [6.07, 6.45) is 5.31. The first-order chi connectivity index (χ1) is 4.27. The van der Waals surface area contributed by atoms with Gasteiger partial charge >= 0.3 is 0 Å². The van der Waals surface area contributed by atoms with Crippen molar-refractivity contribution in [1.29, 1.82) is 0 Å². The molecule has 0 unspecified atom stereocenters. The van der Waals surface area contributed by atoms with E-state index in [0.29, 0.717) is 6.42 Å². The molecule has 1 nitrogen and oxygen atoms in total. The van der Waals surface area contributed by atoms with E-state index >= 15 is 0 Å². The Morgan fingerprint density at radius 3 is 2.44 bits per heavy atom. The van der Waals surface area contributed by atoms with Crippen LogP contribution in [0.15, 0.2) is 0 Å². The predicted octanol–water partition coefficient (Wildman–Crippen LogP) is 3.06. The van der Waals surface area contributed by atoms with Gasteiger partial charge in [0.1, 0.15) is 0 Å². The summed E-state index contributed by atoms with van der Waals surface area (Å²) in [5, 5.41) is 8.53. The summed E-state index contributed by atoms with van der Waals surface area (Å²) >= 11 is 5.23. The maximum absolute atomic E-state index is 8.53. The minimum atomic E-state index is 0.0473. The van der Waals surface area contributed by atoms with Gasteiger partial charge in [0.25, 0.3) is 0 Å². The topological polar surface area (TPSA) is 20.2 Å². The SMILES string of the molecule is CCCCCC[C](O)Cl. The second-order valence-electron chi connectivity index (χ2n) is 2.19. The molecule has 0 saturated heterocycles. The van der Waals surface area contributed by atoms with Crippen LogP contribution >= 0.6 is 11.6 Å². The van der Waals surface area contributed by atoms with E-state index in [2.05, 4.69) is 6.92 Å². The summed E-state index contributed by atoms with van der Waals surface area (Å²) in [7, 11) is 0. The fourth-order valence-corrected chi connectivity index (χ4v) is 0.831. The third kappa shape index (κ3) is 8.25. The highest BCUT2D eigenvalue weighted by atomic mass is 35.5.